The molecule has 8 aromatic rings. The number of hydrogen-bond acceptors (Lipinski definition) is 3. The van der Waals surface area contributed by atoms with E-state index in [4.69, 9.17) is 9.97 Å². The summed E-state index contributed by atoms with van der Waals surface area (Å²) in [5.41, 5.74) is 16.6. The Kier molecular flexibility index (Phi) is 9.95. The predicted molar refractivity (Wildman–Crippen MR) is 249 cm³/mol. The minimum Gasteiger partial charge on any atom is -0.507 e. The van der Waals surface area contributed by atoms with Crippen molar-refractivity contribution in [2.75, 3.05) is 0 Å². The van der Waals surface area contributed by atoms with E-state index in [0.717, 1.165) is 61.4 Å². The van der Waals surface area contributed by atoms with Crippen molar-refractivity contribution < 1.29 is 5.11 Å². The monoisotopic (exact) mass is 773 g/mol. The molecule has 0 spiro atoms. The van der Waals surface area contributed by atoms with Crippen LogP contribution in [0, 0.1) is 6.92 Å². The molecule has 6 aromatic carbocycles. The molecular formula is C55H55N3O. The summed E-state index contributed by atoms with van der Waals surface area (Å²) < 4.78 is 2.26. The van der Waals surface area contributed by atoms with Gasteiger partial charge >= 0.3 is 0 Å². The van der Waals surface area contributed by atoms with Crippen LogP contribution in [-0.2, 0) is 16.2 Å². The number of aromatic hydroxyl groups is 1. The van der Waals surface area contributed by atoms with Crippen LogP contribution < -0.4 is 0 Å². The number of phenolic OH excluding ortho intramolecular Hbond substituents is 1. The van der Waals surface area contributed by atoms with E-state index in [2.05, 4.69) is 201 Å². The van der Waals surface area contributed by atoms with Gasteiger partial charge in [-0.25, -0.2) is 4.98 Å². The third-order valence-electron chi connectivity index (χ3n) is 11.5. The van der Waals surface area contributed by atoms with Crippen molar-refractivity contribution in [1.29, 1.82) is 0 Å². The van der Waals surface area contributed by atoms with E-state index >= 15 is 0 Å². The van der Waals surface area contributed by atoms with Gasteiger partial charge in [0.05, 0.1) is 28.0 Å². The van der Waals surface area contributed by atoms with Gasteiger partial charge in [0.2, 0.25) is 0 Å². The number of pyridine rings is 1. The molecule has 4 heteroatoms. The van der Waals surface area contributed by atoms with Gasteiger partial charge in [0.15, 0.2) is 0 Å². The molecule has 0 aliphatic rings. The number of hydrogen-bond donors (Lipinski definition) is 1. The molecule has 0 saturated carbocycles. The maximum atomic E-state index is 11.7. The third-order valence-corrected chi connectivity index (χ3v) is 11.5. The summed E-state index contributed by atoms with van der Waals surface area (Å²) >= 11 is 0. The van der Waals surface area contributed by atoms with Gasteiger partial charge in [-0.05, 0) is 117 Å². The number of para-hydroxylation sites is 1. The van der Waals surface area contributed by atoms with Crippen LogP contribution in [0.1, 0.15) is 84.6 Å². The lowest BCUT2D eigenvalue weighted by molar-refractivity contribution is 0.475. The van der Waals surface area contributed by atoms with E-state index in [1.54, 1.807) is 0 Å². The fourth-order valence-electron chi connectivity index (χ4n) is 7.86. The zero-order valence-corrected chi connectivity index (χ0v) is 36.1. The molecule has 0 aliphatic heterocycles. The second-order valence-electron chi connectivity index (χ2n) is 19.1. The SMILES string of the molecule is Cc1ccc(-c2ccnc(-c3cc(-c4cccc5c4nc(-c4cc(C(C)(C)C)ccc4O)n5-c4ccc(C(C)(C)C)cc4-c4ccccc4)cc(C(C)(C)C)c3)c2)cc1. The number of rotatable bonds is 6. The van der Waals surface area contributed by atoms with E-state index < -0.39 is 0 Å². The molecule has 2 heterocycles. The average Bonchev–Trinajstić information content (AvgIpc) is 3.59. The van der Waals surface area contributed by atoms with Crippen molar-refractivity contribution in [3.05, 3.63) is 168 Å². The highest BCUT2D eigenvalue weighted by Gasteiger charge is 2.26. The van der Waals surface area contributed by atoms with Crippen molar-refractivity contribution in [3.8, 4) is 67.5 Å². The van der Waals surface area contributed by atoms with E-state index in [-0.39, 0.29) is 22.0 Å². The molecule has 2 aromatic heterocycles. The summed E-state index contributed by atoms with van der Waals surface area (Å²) in [6, 6.07) is 49.6. The lowest BCUT2D eigenvalue weighted by Crippen LogP contribution is -2.12. The lowest BCUT2D eigenvalue weighted by Gasteiger charge is -2.23. The number of aromatic nitrogens is 3. The topological polar surface area (TPSA) is 50.9 Å². The average molecular weight is 774 g/mol. The Balaban J connectivity index is 1.42. The number of imidazole rings is 1. The fourth-order valence-corrected chi connectivity index (χ4v) is 7.86. The molecule has 296 valence electrons. The summed E-state index contributed by atoms with van der Waals surface area (Å²) in [4.78, 5) is 10.5. The van der Waals surface area contributed by atoms with Gasteiger partial charge in [-0.1, -0.05) is 153 Å². The van der Waals surface area contributed by atoms with Crippen molar-refractivity contribution in [2.24, 2.45) is 0 Å². The molecular weight excluding hydrogens is 719 g/mol. The molecule has 0 unspecified atom stereocenters. The highest BCUT2D eigenvalue weighted by Crippen LogP contribution is 2.43. The second-order valence-corrected chi connectivity index (χ2v) is 19.1. The molecule has 0 bridgehead atoms. The molecule has 0 atom stereocenters. The molecule has 1 N–H and O–H groups in total. The van der Waals surface area contributed by atoms with Crippen LogP contribution in [-0.4, -0.2) is 19.6 Å². The molecule has 0 amide bonds. The highest BCUT2D eigenvalue weighted by molar-refractivity contribution is 5.97. The number of phenols is 1. The van der Waals surface area contributed by atoms with Gasteiger partial charge in [0.25, 0.3) is 0 Å². The summed E-state index contributed by atoms with van der Waals surface area (Å²) in [6.45, 7) is 22.3. The number of aryl methyl sites for hydroxylation is 1. The fraction of sp³-hybridized carbons (Fsp3) is 0.236. The minimum atomic E-state index is -0.136. The van der Waals surface area contributed by atoms with Gasteiger partial charge in [-0.3, -0.25) is 9.55 Å². The number of fused-ring (bicyclic) bond motifs is 1. The molecule has 0 aliphatic carbocycles. The molecule has 59 heavy (non-hydrogen) atoms. The van der Waals surface area contributed by atoms with Crippen LogP contribution in [0.4, 0.5) is 0 Å². The van der Waals surface area contributed by atoms with Crippen LogP contribution in [0.25, 0.3) is 72.7 Å². The maximum absolute atomic E-state index is 11.7. The van der Waals surface area contributed by atoms with Crippen molar-refractivity contribution in [3.63, 3.8) is 0 Å². The summed E-state index contributed by atoms with van der Waals surface area (Å²) in [6.07, 6.45) is 1.91. The van der Waals surface area contributed by atoms with Crippen molar-refractivity contribution in [2.45, 2.75) is 85.5 Å². The standard InChI is InChI=1S/C55H55N3O/c1-35-19-21-36(22-20-35)38-27-28-56-47(32-38)40-29-39(30-43(31-40)55(8,9)10)44-17-14-18-49-51(44)57-52(46-34-42(54(5,6)7)24-26-50(46)59)58(49)48-25-23-41(53(2,3)4)33-45(48)37-15-12-11-13-16-37/h11-34,59H,1-10H3. The van der Waals surface area contributed by atoms with E-state index in [1.165, 1.54) is 22.3 Å². The Morgan fingerprint density at radius 1 is 0.475 bits per heavy atom. The lowest BCUT2D eigenvalue weighted by atomic mass is 9.83. The number of benzene rings is 6. The Labute approximate surface area is 350 Å². The molecule has 0 radical (unpaired) electrons. The Morgan fingerprint density at radius 2 is 1.12 bits per heavy atom. The molecule has 0 fully saturated rings. The predicted octanol–water partition coefficient (Wildman–Crippen LogP) is 14.7. The zero-order valence-electron chi connectivity index (χ0n) is 36.1. The zero-order chi connectivity index (χ0) is 41.9. The molecule has 8 rings (SSSR count). The summed E-state index contributed by atoms with van der Waals surface area (Å²) in [5.74, 6) is 0.886. The summed E-state index contributed by atoms with van der Waals surface area (Å²) in [5, 5.41) is 11.7. The normalized spacial score (nSPS) is 12.3. The van der Waals surface area contributed by atoms with Crippen LogP contribution >= 0.6 is 0 Å². The van der Waals surface area contributed by atoms with Gasteiger partial charge < -0.3 is 5.11 Å². The first-order valence-electron chi connectivity index (χ1n) is 20.7. The Morgan fingerprint density at radius 3 is 1.80 bits per heavy atom. The van der Waals surface area contributed by atoms with Gasteiger partial charge in [-0.15, -0.1) is 0 Å². The molecule has 0 saturated heterocycles. The van der Waals surface area contributed by atoms with Crippen molar-refractivity contribution >= 4 is 11.0 Å². The van der Waals surface area contributed by atoms with Crippen LogP contribution in [0.2, 0.25) is 0 Å². The highest BCUT2D eigenvalue weighted by atomic mass is 16.3. The Bertz CT molecular complexity index is 2820. The number of nitrogens with zero attached hydrogens (tertiary/aromatic N) is 3. The first-order valence-corrected chi connectivity index (χ1v) is 20.7. The van der Waals surface area contributed by atoms with Crippen LogP contribution in [0.15, 0.2) is 146 Å². The third kappa shape index (κ3) is 7.84. The van der Waals surface area contributed by atoms with E-state index in [9.17, 15) is 5.11 Å². The van der Waals surface area contributed by atoms with Gasteiger partial charge in [0, 0.05) is 22.9 Å². The first kappa shape index (κ1) is 39.6. The van der Waals surface area contributed by atoms with Crippen LogP contribution in [0.3, 0.4) is 0 Å². The van der Waals surface area contributed by atoms with Gasteiger partial charge in [0.1, 0.15) is 11.6 Å². The quantitative estimate of drug-likeness (QED) is 0.183. The molecule has 4 nitrogen and oxygen atoms in total. The van der Waals surface area contributed by atoms with Gasteiger partial charge in [-0.2, -0.15) is 0 Å². The largest absolute Gasteiger partial charge is 0.507 e. The van der Waals surface area contributed by atoms with Crippen molar-refractivity contribution in [1.82, 2.24) is 14.5 Å². The first-order chi connectivity index (χ1) is 28.0. The minimum absolute atomic E-state index is 0.0569. The maximum Gasteiger partial charge on any atom is 0.149 e. The second kappa shape index (κ2) is 14.8. The Hall–Kier alpha value is -6.26. The summed E-state index contributed by atoms with van der Waals surface area (Å²) in [7, 11) is 0. The van der Waals surface area contributed by atoms with E-state index in [1.807, 2.05) is 18.3 Å². The smallest absolute Gasteiger partial charge is 0.149 e. The van der Waals surface area contributed by atoms with E-state index in [0.29, 0.717) is 11.4 Å². The van der Waals surface area contributed by atoms with Crippen LogP contribution in [0.5, 0.6) is 5.75 Å².